The first-order valence-electron chi connectivity index (χ1n) is 6.54. The van der Waals surface area contributed by atoms with Gasteiger partial charge in [-0.1, -0.05) is 11.8 Å². The van der Waals surface area contributed by atoms with Crippen LogP contribution in [0.3, 0.4) is 0 Å². The van der Waals surface area contributed by atoms with Gasteiger partial charge in [0.25, 0.3) is 5.91 Å². The fourth-order valence-corrected chi connectivity index (χ4v) is 1.70. The highest BCUT2D eigenvalue weighted by atomic mass is 16.3. The summed E-state index contributed by atoms with van der Waals surface area (Å²) < 4.78 is 0. The molecule has 0 atom stereocenters. The van der Waals surface area contributed by atoms with E-state index in [1.165, 1.54) is 0 Å². The van der Waals surface area contributed by atoms with E-state index in [-0.39, 0.29) is 19.0 Å². The summed E-state index contributed by atoms with van der Waals surface area (Å²) >= 11 is 0. The number of aliphatic hydroxyl groups is 1. The number of nitrogens with zero attached hydrogens (tertiary/aromatic N) is 2. The van der Waals surface area contributed by atoms with Crippen molar-refractivity contribution in [2.45, 2.75) is 26.4 Å². The number of aromatic nitrogens is 1. The molecular formula is C15H21N3O2. The van der Waals surface area contributed by atoms with E-state index in [0.29, 0.717) is 12.2 Å². The minimum absolute atomic E-state index is 0.201. The summed E-state index contributed by atoms with van der Waals surface area (Å²) in [6.07, 6.45) is 1.55. The van der Waals surface area contributed by atoms with E-state index in [9.17, 15) is 9.90 Å². The van der Waals surface area contributed by atoms with Crippen LogP contribution in [-0.4, -0.2) is 46.1 Å². The van der Waals surface area contributed by atoms with Crippen molar-refractivity contribution in [2.75, 3.05) is 19.6 Å². The van der Waals surface area contributed by atoms with Crippen molar-refractivity contribution in [1.29, 1.82) is 0 Å². The molecule has 0 aliphatic heterocycles. The molecule has 3 N–H and O–H groups in total. The quantitative estimate of drug-likeness (QED) is 0.790. The average molecular weight is 275 g/mol. The van der Waals surface area contributed by atoms with E-state index in [1.54, 1.807) is 37.1 Å². The number of hydrogen-bond donors (Lipinski definition) is 2. The Bertz CT molecular complexity index is 507. The summed E-state index contributed by atoms with van der Waals surface area (Å²) in [6, 6.07) is 3.37. The standard InChI is InChI=1S/C15H21N3O2/c1-4-18(11-15(2,3)20)14(19)13-8-7-12(10-17-13)6-5-9-16/h7-8,10,20H,4,9,11,16H2,1-3H3. The van der Waals surface area contributed by atoms with Gasteiger partial charge in [-0.05, 0) is 32.9 Å². The Morgan fingerprint density at radius 1 is 1.50 bits per heavy atom. The minimum Gasteiger partial charge on any atom is -0.389 e. The van der Waals surface area contributed by atoms with Crippen molar-refractivity contribution >= 4 is 5.91 Å². The van der Waals surface area contributed by atoms with Gasteiger partial charge in [-0.25, -0.2) is 4.98 Å². The molecule has 1 rings (SSSR count). The molecule has 5 nitrogen and oxygen atoms in total. The van der Waals surface area contributed by atoms with Crippen molar-refractivity contribution in [3.63, 3.8) is 0 Å². The van der Waals surface area contributed by atoms with Crippen LogP contribution in [0, 0.1) is 11.8 Å². The van der Waals surface area contributed by atoms with Crippen LogP contribution in [-0.2, 0) is 0 Å². The van der Waals surface area contributed by atoms with E-state index >= 15 is 0 Å². The topological polar surface area (TPSA) is 79.5 Å². The van der Waals surface area contributed by atoms with Crippen molar-refractivity contribution in [3.8, 4) is 11.8 Å². The van der Waals surface area contributed by atoms with Gasteiger partial charge in [0.1, 0.15) is 5.69 Å². The van der Waals surface area contributed by atoms with Crippen LogP contribution >= 0.6 is 0 Å². The zero-order chi connectivity index (χ0) is 15.2. The highest BCUT2D eigenvalue weighted by Gasteiger charge is 2.22. The summed E-state index contributed by atoms with van der Waals surface area (Å²) in [5.74, 6) is 5.38. The van der Waals surface area contributed by atoms with E-state index in [4.69, 9.17) is 5.73 Å². The first-order chi connectivity index (χ1) is 9.37. The summed E-state index contributed by atoms with van der Waals surface area (Å²) in [5.41, 5.74) is 5.42. The number of pyridine rings is 1. The van der Waals surface area contributed by atoms with Crippen LogP contribution in [0.5, 0.6) is 0 Å². The molecule has 0 aliphatic carbocycles. The zero-order valence-corrected chi connectivity index (χ0v) is 12.2. The molecule has 1 aromatic heterocycles. The SMILES string of the molecule is CCN(CC(C)(C)O)C(=O)c1ccc(C#CCN)cn1. The lowest BCUT2D eigenvalue weighted by Gasteiger charge is -2.27. The molecule has 0 radical (unpaired) electrons. The molecule has 5 heteroatoms. The third kappa shape index (κ3) is 5.00. The van der Waals surface area contributed by atoms with Gasteiger partial charge in [-0.15, -0.1) is 0 Å². The molecule has 0 spiro atoms. The predicted molar refractivity (Wildman–Crippen MR) is 78.0 cm³/mol. The maximum Gasteiger partial charge on any atom is 0.272 e. The Morgan fingerprint density at radius 3 is 2.65 bits per heavy atom. The summed E-state index contributed by atoms with van der Waals surface area (Å²) in [6.45, 7) is 6.27. The molecule has 0 fully saturated rings. The molecule has 108 valence electrons. The van der Waals surface area contributed by atoms with Crippen LogP contribution in [0.15, 0.2) is 18.3 Å². The van der Waals surface area contributed by atoms with Crippen molar-refractivity contribution in [1.82, 2.24) is 9.88 Å². The fraction of sp³-hybridized carbons (Fsp3) is 0.467. The smallest absolute Gasteiger partial charge is 0.272 e. The molecule has 0 aromatic carbocycles. The fourth-order valence-electron chi connectivity index (χ4n) is 1.70. The summed E-state index contributed by atoms with van der Waals surface area (Å²) in [4.78, 5) is 18.0. The molecule has 0 aliphatic rings. The van der Waals surface area contributed by atoms with Gasteiger partial charge in [0, 0.05) is 24.8 Å². The number of carbonyl (C=O) groups excluding carboxylic acids is 1. The number of nitrogens with two attached hydrogens (primary N) is 1. The van der Waals surface area contributed by atoms with Gasteiger partial charge in [0.15, 0.2) is 0 Å². The lowest BCUT2D eigenvalue weighted by molar-refractivity contribution is 0.0311. The average Bonchev–Trinajstić information content (AvgIpc) is 2.41. The Hall–Kier alpha value is -1.90. The van der Waals surface area contributed by atoms with Crippen LogP contribution in [0.1, 0.15) is 36.8 Å². The lowest BCUT2D eigenvalue weighted by atomic mass is 10.1. The second kappa shape index (κ2) is 7.04. The molecule has 1 heterocycles. The van der Waals surface area contributed by atoms with Gasteiger partial charge >= 0.3 is 0 Å². The van der Waals surface area contributed by atoms with Crippen molar-refractivity contribution < 1.29 is 9.90 Å². The van der Waals surface area contributed by atoms with Crippen LogP contribution in [0.4, 0.5) is 0 Å². The predicted octanol–water partition coefficient (Wildman–Crippen LogP) is 0.625. The monoisotopic (exact) mass is 275 g/mol. The van der Waals surface area contributed by atoms with Crippen molar-refractivity contribution in [3.05, 3.63) is 29.6 Å². The molecular weight excluding hydrogens is 254 g/mol. The Balaban J connectivity index is 2.85. The first-order valence-corrected chi connectivity index (χ1v) is 6.54. The Morgan fingerprint density at radius 2 is 2.20 bits per heavy atom. The highest BCUT2D eigenvalue weighted by molar-refractivity contribution is 5.92. The maximum absolute atomic E-state index is 12.3. The third-order valence-corrected chi connectivity index (χ3v) is 2.56. The van der Waals surface area contributed by atoms with Crippen LogP contribution in [0.2, 0.25) is 0 Å². The van der Waals surface area contributed by atoms with Crippen LogP contribution in [0.25, 0.3) is 0 Å². The molecule has 0 unspecified atom stereocenters. The van der Waals surface area contributed by atoms with Gasteiger partial charge in [0.2, 0.25) is 0 Å². The van der Waals surface area contributed by atoms with Gasteiger partial charge in [-0.2, -0.15) is 0 Å². The highest BCUT2D eigenvalue weighted by Crippen LogP contribution is 2.09. The number of rotatable bonds is 4. The summed E-state index contributed by atoms with van der Waals surface area (Å²) in [7, 11) is 0. The lowest BCUT2D eigenvalue weighted by Crippen LogP contribution is -2.42. The molecule has 20 heavy (non-hydrogen) atoms. The van der Waals surface area contributed by atoms with Crippen LogP contribution < -0.4 is 5.73 Å². The summed E-state index contributed by atoms with van der Waals surface area (Å²) in [5, 5.41) is 9.81. The molecule has 0 saturated heterocycles. The van der Waals surface area contributed by atoms with Gasteiger partial charge in [0.05, 0.1) is 12.1 Å². The van der Waals surface area contributed by atoms with E-state index in [2.05, 4.69) is 16.8 Å². The number of likely N-dealkylation sites (N-methyl/N-ethyl adjacent to an activating group) is 1. The molecule has 1 aromatic rings. The molecule has 0 saturated carbocycles. The Labute approximate surface area is 119 Å². The third-order valence-electron chi connectivity index (χ3n) is 2.56. The van der Waals surface area contributed by atoms with E-state index < -0.39 is 5.60 Å². The maximum atomic E-state index is 12.3. The second-order valence-electron chi connectivity index (χ2n) is 5.07. The second-order valence-corrected chi connectivity index (χ2v) is 5.07. The normalized spacial score (nSPS) is 10.7. The molecule has 1 amide bonds. The van der Waals surface area contributed by atoms with Gasteiger partial charge < -0.3 is 15.7 Å². The number of hydrogen-bond acceptors (Lipinski definition) is 4. The molecule has 0 bridgehead atoms. The van der Waals surface area contributed by atoms with Gasteiger partial charge in [-0.3, -0.25) is 4.79 Å². The number of amides is 1. The number of carbonyl (C=O) groups is 1. The van der Waals surface area contributed by atoms with E-state index in [0.717, 1.165) is 5.56 Å². The largest absolute Gasteiger partial charge is 0.389 e. The zero-order valence-electron chi connectivity index (χ0n) is 12.2. The minimum atomic E-state index is -0.932. The first kappa shape index (κ1) is 16.2. The van der Waals surface area contributed by atoms with E-state index in [1.807, 2.05) is 6.92 Å². The Kier molecular flexibility index (Phi) is 5.68. The van der Waals surface area contributed by atoms with Crippen molar-refractivity contribution in [2.24, 2.45) is 5.73 Å².